The smallest absolute Gasteiger partial charge is 0.166 e. The third kappa shape index (κ3) is 2.67. The summed E-state index contributed by atoms with van der Waals surface area (Å²) in [6.07, 6.45) is 7.69. The number of carbonyl (C=O) groups is 1. The molecule has 0 radical (unpaired) electrons. The first-order chi connectivity index (χ1) is 11.2. The zero-order chi connectivity index (χ0) is 15.8. The molecule has 1 aromatic carbocycles. The summed E-state index contributed by atoms with van der Waals surface area (Å²) in [6.45, 7) is 0. The van der Waals surface area contributed by atoms with Crippen LogP contribution in [0.25, 0.3) is 0 Å². The maximum Gasteiger partial charge on any atom is 0.166 e. The second kappa shape index (κ2) is 5.84. The number of phenolic OH excluding ortho intramolecular Hbond substituents is 1. The maximum atomic E-state index is 12.6. The number of aliphatic imine (C=N–C) groups is 1. The molecule has 1 aromatic rings. The lowest BCUT2D eigenvalue weighted by atomic mass is 9.81. The van der Waals surface area contributed by atoms with Crippen molar-refractivity contribution in [3.63, 3.8) is 0 Å². The fraction of sp³-hybridized carbons (Fsp3) is 0.474. The summed E-state index contributed by atoms with van der Waals surface area (Å²) in [5.74, 6) is 0.463. The summed E-state index contributed by atoms with van der Waals surface area (Å²) in [4.78, 5) is 17.3. The monoisotopic (exact) mass is 310 g/mol. The van der Waals surface area contributed by atoms with Crippen molar-refractivity contribution in [2.75, 3.05) is 0 Å². The number of Topliss-reactive ketones (excluding diaryl/α,β-unsaturated/α-hetero) is 1. The lowest BCUT2D eigenvalue weighted by Crippen LogP contribution is -2.41. The Labute approximate surface area is 136 Å². The Hall–Kier alpha value is -2.10. The molecule has 3 aliphatic rings. The van der Waals surface area contributed by atoms with E-state index >= 15 is 0 Å². The van der Waals surface area contributed by atoms with Crippen LogP contribution in [0.4, 0.5) is 0 Å². The van der Waals surface area contributed by atoms with Crippen molar-refractivity contribution in [2.45, 2.75) is 56.5 Å². The molecule has 2 N–H and O–H groups in total. The van der Waals surface area contributed by atoms with Crippen LogP contribution in [0.5, 0.6) is 5.75 Å². The van der Waals surface area contributed by atoms with Gasteiger partial charge in [0.15, 0.2) is 5.78 Å². The lowest BCUT2D eigenvalue weighted by Gasteiger charge is -2.32. The number of rotatable bonds is 1. The Morgan fingerprint density at radius 1 is 1.13 bits per heavy atom. The van der Waals surface area contributed by atoms with Gasteiger partial charge < -0.3 is 10.4 Å². The van der Waals surface area contributed by atoms with Gasteiger partial charge in [-0.3, -0.25) is 9.79 Å². The molecular weight excluding hydrogens is 288 g/mol. The van der Waals surface area contributed by atoms with Gasteiger partial charge in [-0.1, -0.05) is 31.0 Å². The summed E-state index contributed by atoms with van der Waals surface area (Å²) in [7, 11) is 0. The van der Waals surface area contributed by atoms with Crippen molar-refractivity contribution in [3.8, 4) is 5.75 Å². The Balaban J connectivity index is 1.64. The lowest BCUT2D eigenvalue weighted by molar-refractivity contribution is -0.115. The third-order valence-electron chi connectivity index (χ3n) is 5.37. The molecule has 0 amide bonds. The van der Waals surface area contributed by atoms with Crippen molar-refractivity contribution in [3.05, 3.63) is 41.1 Å². The van der Waals surface area contributed by atoms with Crippen LogP contribution in [-0.4, -0.2) is 29.2 Å². The molecule has 3 atom stereocenters. The number of phenols is 1. The fourth-order valence-electron chi connectivity index (χ4n) is 4.12. The van der Waals surface area contributed by atoms with Crippen molar-refractivity contribution < 1.29 is 9.90 Å². The molecule has 1 heterocycles. The number of aromatic hydroxyl groups is 1. The molecule has 0 aromatic heterocycles. The van der Waals surface area contributed by atoms with Crippen LogP contribution in [-0.2, 0) is 4.79 Å². The van der Waals surface area contributed by atoms with Gasteiger partial charge in [0.2, 0.25) is 0 Å². The first-order valence-corrected chi connectivity index (χ1v) is 8.56. The molecular formula is C19H22N2O2. The van der Waals surface area contributed by atoms with Gasteiger partial charge >= 0.3 is 0 Å². The molecule has 2 aliphatic carbocycles. The highest BCUT2D eigenvalue weighted by molar-refractivity contribution is 6.15. The minimum absolute atomic E-state index is 0.0449. The molecule has 1 saturated carbocycles. The van der Waals surface area contributed by atoms with Crippen LogP contribution in [0, 0.1) is 0 Å². The third-order valence-corrected chi connectivity index (χ3v) is 5.37. The average Bonchev–Trinajstić information content (AvgIpc) is 2.74. The number of nitrogens with zero attached hydrogens (tertiary/aromatic N) is 1. The number of carbonyl (C=O) groups excluding carboxylic acids is 1. The molecule has 0 saturated heterocycles. The van der Waals surface area contributed by atoms with E-state index in [1.807, 2.05) is 24.4 Å². The molecule has 23 heavy (non-hydrogen) atoms. The fourth-order valence-corrected chi connectivity index (χ4v) is 4.12. The van der Waals surface area contributed by atoms with E-state index in [0.29, 0.717) is 18.5 Å². The van der Waals surface area contributed by atoms with E-state index in [9.17, 15) is 9.90 Å². The van der Waals surface area contributed by atoms with Gasteiger partial charge in [0.05, 0.1) is 11.6 Å². The van der Waals surface area contributed by atoms with Gasteiger partial charge in [-0.2, -0.15) is 0 Å². The molecule has 0 spiro atoms. The SMILES string of the molecule is O=C1CC(c2ccccc2O)CC2=C1C=NC1CCCCC1N2. The molecule has 3 unspecified atom stereocenters. The molecule has 120 valence electrons. The number of hydrogen-bond donors (Lipinski definition) is 2. The van der Waals surface area contributed by atoms with Crippen LogP contribution in [0.3, 0.4) is 0 Å². The maximum absolute atomic E-state index is 12.6. The highest BCUT2D eigenvalue weighted by Crippen LogP contribution is 2.38. The van der Waals surface area contributed by atoms with Crippen LogP contribution in [0.15, 0.2) is 40.5 Å². The zero-order valence-electron chi connectivity index (χ0n) is 13.2. The number of para-hydroxylation sites is 1. The minimum atomic E-state index is 0.0449. The van der Waals surface area contributed by atoms with Gasteiger partial charge in [0.25, 0.3) is 0 Å². The Morgan fingerprint density at radius 2 is 1.96 bits per heavy atom. The molecule has 4 rings (SSSR count). The summed E-state index contributed by atoms with van der Waals surface area (Å²) >= 11 is 0. The van der Waals surface area contributed by atoms with Gasteiger partial charge in [-0.25, -0.2) is 0 Å². The second-order valence-electron chi connectivity index (χ2n) is 6.86. The normalized spacial score (nSPS) is 30.3. The van der Waals surface area contributed by atoms with Crippen molar-refractivity contribution in [1.29, 1.82) is 0 Å². The van der Waals surface area contributed by atoms with Crippen LogP contribution >= 0.6 is 0 Å². The zero-order valence-corrected chi connectivity index (χ0v) is 13.2. The molecule has 0 bridgehead atoms. The van der Waals surface area contributed by atoms with E-state index in [2.05, 4.69) is 10.3 Å². The molecule has 1 aliphatic heterocycles. The highest BCUT2D eigenvalue weighted by Gasteiger charge is 2.34. The van der Waals surface area contributed by atoms with E-state index in [4.69, 9.17) is 0 Å². The topological polar surface area (TPSA) is 61.7 Å². The first kappa shape index (κ1) is 14.5. The molecule has 1 fully saturated rings. The number of allylic oxidation sites excluding steroid dienone is 2. The largest absolute Gasteiger partial charge is 0.508 e. The number of benzene rings is 1. The van der Waals surface area contributed by atoms with Crippen molar-refractivity contribution in [1.82, 2.24) is 5.32 Å². The highest BCUT2D eigenvalue weighted by atomic mass is 16.3. The quantitative estimate of drug-likeness (QED) is 0.838. The standard InChI is InChI=1S/C19H22N2O2/c22-18-8-4-1-5-13(18)12-9-17-14(19(23)10-12)11-20-15-6-2-3-7-16(15)21-17/h1,4-5,8,11-12,15-16,21-22H,2-3,6-7,9-10H2. The number of ketones is 1. The van der Waals surface area contributed by atoms with Gasteiger partial charge in [0.1, 0.15) is 5.75 Å². The van der Waals surface area contributed by atoms with Crippen LogP contribution in [0.2, 0.25) is 0 Å². The molecule has 4 nitrogen and oxygen atoms in total. The molecule has 4 heteroatoms. The van der Waals surface area contributed by atoms with Gasteiger partial charge in [-0.15, -0.1) is 0 Å². The van der Waals surface area contributed by atoms with Crippen molar-refractivity contribution in [2.24, 2.45) is 4.99 Å². The number of fused-ring (bicyclic) bond motifs is 1. The van der Waals surface area contributed by atoms with E-state index in [-0.39, 0.29) is 17.5 Å². The number of nitrogens with one attached hydrogen (secondary N) is 1. The van der Waals surface area contributed by atoms with Crippen molar-refractivity contribution >= 4 is 12.0 Å². The predicted octanol–water partition coefficient (Wildman–Crippen LogP) is 3.08. The summed E-state index contributed by atoms with van der Waals surface area (Å²) in [6, 6.07) is 8.00. The summed E-state index contributed by atoms with van der Waals surface area (Å²) < 4.78 is 0. The Morgan fingerprint density at radius 3 is 2.83 bits per heavy atom. The first-order valence-electron chi connectivity index (χ1n) is 8.56. The Kier molecular flexibility index (Phi) is 3.68. The van der Waals surface area contributed by atoms with Crippen LogP contribution < -0.4 is 5.32 Å². The van der Waals surface area contributed by atoms with Crippen LogP contribution in [0.1, 0.15) is 50.0 Å². The second-order valence-corrected chi connectivity index (χ2v) is 6.86. The van der Waals surface area contributed by atoms with Gasteiger partial charge in [-0.05, 0) is 30.9 Å². The average molecular weight is 310 g/mol. The van der Waals surface area contributed by atoms with E-state index in [0.717, 1.165) is 36.1 Å². The minimum Gasteiger partial charge on any atom is -0.508 e. The van der Waals surface area contributed by atoms with E-state index in [1.165, 1.54) is 12.8 Å². The predicted molar refractivity (Wildman–Crippen MR) is 89.8 cm³/mol. The van der Waals surface area contributed by atoms with E-state index in [1.54, 1.807) is 6.07 Å². The number of hydrogen-bond acceptors (Lipinski definition) is 4. The summed E-state index contributed by atoms with van der Waals surface area (Å²) in [5.41, 5.74) is 2.65. The summed E-state index contributed by atoms with van der Waals surface area (Å²) in [5, 5.41) is 13.7. The Bertz CT molecular complexity index is 692. The van der Waals surface area contributed by atoms with E-state index < -0.39 is 0 Å². The van der Waals surface area contributed by atoms with Gasteiger partial charge in [0, 0.05) is 30.3 Å².